The van der Waals surface area contributed by atoms with Crippen molar-refractivity contribution in [3.63, 3.8) is 0 Å². The first-order chi connectivity index (χ1) is 9.43. The Morgan fingerprint density at radius 1 is 1.30 bits per heavy atom. The van der Waals surface area contributed by atoms with Gasteiger partial charge in [0.1, 0.15) is 11.8 Å². The van der Waals surface area contributed by atoms with Crippen LogP contribution in [-0.2, 0) is 16.0 Å². The van der Waals surface area contributed by atoms with Crippen molar-refractivity contribution in [3.8, 4) is 5.75 Å². The fraction of sp³-hybridized carbons (Fsp3) is 0.333. The van der Waals surface area contributed by atoms with Crippen LogP contribution < -0.4 is 5.32 Å². The Kier molecular flexibility index (Phi) is 5.77. The van der Waals surface area contributed by atoms with Crippen LogP contribution in [-0.4, -0.2) is 28.1 Å². The van der Waals surface area contributed by atoms with E-state index in [4.69, 9.17) is 5.11 Å². The molecule has 0 aliphatic heterocycles. The second-order valence-electron chi connectivity index (χ2n) is 4.53. The normalized spacial score (nSPS) is 12.8. The second-order valence-corrected chi connectivity index (χ2v) is 4.53. The summed E-state index contributed by atoms with van der Waals surface area (Å²) >= 11 is 0. The minimum Gasteiger partial charge on any atom is -0.508 e. The van der Waals surface area contributed by atoms with Gasteiger partial charge in [-0.1, -0.05) is 25.1 Å². The minimum absolute atomic E-state index is 0.117. The molecule has 0 fully saturated rings. The molecule has 0 bridgehead atoms. The molecule has 3 N–H and O–H groups in total. The lowest BCUT2D eigenvalue weighted by atomic mass is 10.1. The van der Waals surface area contributed by atoms with Gasteiger partial charge in [-0.25, -0.2) is 4.79 Å². The number of allylic oxidation sites excluding steroid dienone is 1. The lowest BCUT2D eigenvalue weighted by molar-refractivity contribution is -0.141. The zero-order valence-corrected chi connectivity index (χ0v) is 11.6. The van der Waals surface area contributed by atoms with Crippen molar-refractivity contribution in [1.82, 2.24) is 5.32 Å². The van der Waals surface area contributed by atoms with Crippen LogP contribution in [0.25, 0.3) is 0 Å². The van der Waals surface area contributed by atoms with E-state index in [2.05, 4.69) is 5.32 Å². The van der Waals surface area contributed by atoms with Gasteiger partial charge in [-0.05, 0) is 31.0 Å². The van der Waals surface area contributed by atoms with Crippen LogP contribution in [0.5, 0.6) is 5.75 Å². The third-order valence-corrected chi connectivity index (χ3v) is 2.85. The van der Waals surface area contributed by atoms with E-state index in [1.54, 1.807) is 25.1 Å². The van der Waals surface area contributed by atoms with Gasteiger partial charge in [0.05, 0.1) is 0 Å². The van der Waals surface area contributed by atoms with Gasteiger partial charge in [-0.2, -0.15) is 0 Å². The smallest absolute Gasteiger partial charge is 0.326 e. The predicted molar refractivity (Wildman–Crippen MR) is 75.4 cm³/mol. The Morgan fingerprint density at radius 2 is 1.90 bits per heavy atom. The Labute approximate surface area is 117 Å². The summed E-state index contributed by atoms with van der Waals surface area (Å²) in [5.41, 5.74) is 1.23. The topological polar surface area (TPSA) is 86.6 Å². The van der Waals surface area contributed by atoms with Crippen LogP contribution in [0.2, 0.25) is 0 Å². The number of amides is 1. The second kappa shape index (κ2) is 7.33. The molecule has 1 rings (SSSR count). The van der Waals surface area contributed by atoms with Gasteiger partial charge in [-0.3, -0.25) is 4.79 Å². The fourth-order valence-corrected chi connectivity index (χ4v) is 1.74. The number of phenols is 1. The summed E-state index contributed by atoms with van der Waals surface area (Å²) in [7, 11) is 0. The summed E-state index contributed by atoms with van der Waals surface area (Å²) < 4.78 is 0. The maximum absolute atomic E-state index is 11.8. The zero-order valence-electron chi connectivity index (χ0n) is 11.6. The molecule has 1 aromatic carbocycles. The summed E-state index contributed by atoms with van der Waals surface area (Å²) in [4.78, 5) is 23.0. The van der Waals surface area contributed by atoms with Crippen LogP contribution in [0.4, 0.5) is 0 Å². The maximum Gasteiger partial charge on any atom is 0.326 e. The van der Waals surface area contributed by atoms with Crippen molar-refractivity contribution in [1.29, 1.82) is 0 Å². The quantitative estimate of drug-likeness (QED) is 0.693. The largest absolute Gasteiger partial charge is 0.508 e. The molecule has 0 heterocycles. The number of rotatable bonds is 6. The van der Waals surface area contributed by atoms with E-state index in [0.29, 0.717) is 5.57 Å². The van der Waals surface area contributed by atoms with E-state index in [-0.39, 0.29) is 18.1 Å². The van der Waals surface area contributed by atoms with Crippen molar-refractivity contribution in [2.45, 2.75) is 32.7 Å². The highest BCUT2D eigenvalue weighted by atomic mass is 16.4. The van der Waals surface area contributed by atoms with Gasteiger partial charge in [-0.15, -0.1) is 0 Å². The number of hydrogen-bond acceptors (Lipinski definition) is 3. The Balaban J connectivity index is 2.75. The van der Waals surface area contributed by atoms with Gasteiger partial charge in [0, 0.05) is 12.0 Å². The van der Waals surface area contributed by atoms with E-state index in [1.807, 2.05) is 6.92 Å². The highest BCUT2D eigenvalue weighted by Crippen LogP contribution is 2.11. The number of carbonyl (C=O) groups is 2. The molecule has 0 aromatic heterocycles. The summed E-state index contributed by atoms with van der Waals surface area (Å²) in [6, 6.07) is 5.24. The van der Waals surface area contributed by atoms with Crippen LogP contribution >= 0.6 is 0 Å². The van der Waals surface area contributed by atoms with E-state index in [1.165, 1.54) is 12.1 Å². The summed E-state index contributed by atoms with van der Waals surface area (Å²) in [5.74, 6) is -1.35. The molecule has 0 unspecified atom stereocenters. The number of carboxylic acids is 1. The lowest BCUT2D eigenvalue weighted by Crippen LogP contribution is -2.42. The molecule has 5 nitrogen and oxygen atoms in total. The first-order valence-corrected chi connectivity index (χ1v) is 6.42. The SMILES string of the molecule is CC/C=C(/C)C(=O)N[C@H](Cc1ccc(O)cc1)C(=O)O. The minimum atomic E-state index is -1.09. The van der Waals surface area contributed by atoms with Gasteiger partial charge < -0.3 is 15.5 Å². The van der Waals surface area contributed by atoms with Crippen LogP contribution in [0.3, 0.4) is 0 Å². The van der Waals surface area contributed by atoms with E-state index >= 15 is 0 Å². The molecule has 0 spiro atoms. The van der Waals surface area contributed by atoms with Crippen molar-refractivity contribution in [2.75, 3.05) is 0 Å². The van der Waals surface area contributed by atoms with Crippen LogP contribution in [0.1, 0.15) is 25.8 Å². The first-order valence-electron chi connectivity index (χ1n) is 6.42. The van der Waals surface area contributed by atoms with Crippen LogP contribution in [0.15, 0.2) is 35.9 Å². The summed E-state index contributed by atoms with van der Waals surface area (Å²) in [6.07, 6.45) is 2.63. The molecular weight excluding hydrogens is 258 g/mol. The lowest BCUT2D eigenvalue weighted by Gasteiger charge is -2.15. The van der Waals surface area contributed by atoms with E-state index < -0.39 is 12.0 Å². The number of hydrogen-bond donors (Lipinski definition) is 3. The Bertz CT molecular complexity index is 505. The summed E-state index contributed by atoms with van der Waals surface area (Å²) in [6.45, 7) is 3.56. The standard InChI is InChI=1S/C15H19NO4/c1-3-4-10(2)14(18)16-13(15(19)20)9-11-5-7-12(17)8-6-11/h4-8,13,17H,3,9H2,1-2H3,(H,16,18)(H,19,20)/b10-4-/t13-/m1/s1. The van der Waals surface area contributed by atoms with Crippen molar-refractivity contribution >= 4 is 11.9 Å². The number of benzene rings is 1. The van der Waals surface area contributed by atoms with E-state index in [9.17, 15) is 14.7 Å². The molecule has 5 heteroatoms. The molecule has 0 aliphatic carbocycles. The third kappa shape index (κ3) is 4.76. The molecule has 1 amide bonds. The average Bonchev–Trinajstić information content (AvgIpc) is 2.40. The number of aliphatic carboxylic acids is 1. The van der Waals surface area contributed by atoms with E-state index in [0.717, 1.165) is 12.0 Å². The predicted octanol–water partition coefficient (Wildman–Crippen LogP) is 1.86. The van der Waals surface area contributed by atoms with Gasteiger partial charge >= 0.3 is 5.97 Å². The molecular formula is C15H19NO4. The molecule has 1 aromatic rings. The number of aromatic hydroxyl groups is 1. The highest BCUT2D eigenvalue weighted by molar-refractivity contribution is 5.95. The highest BCUT2D eigenvalue weighted by Gasteiger charge is 2.20. The van der Waals surface area contributed by atoms with Crippen molar-refractivity contribution in [3.05, 3.63) is 41.5 Å². The number of carbonyl (C=O) groups excluding carboxylic acids is 1. The molecule has 0 saturated heterocycles. The molecule has 0 radical (unpaired) electrons. The molecule has 108 valence electrons. The molecule has 0 saturated carbocycles. The van der Waals surface area contributed by atoms with Gasteiger partial charge in [0.25, 0.3) is 0 Å². The fourth-order valence-electron chi connectivity index (χ4n) is 1.74. The van der Waals surface area contributed by atoms with Crippen molar-refractivity contribution in [2.24, 2.45) is 0 Å². The number of nitrogens with one attached hydrogen (secondary N) is 1. The van der Waals surface area contributed by atoms with Gasteiger partial charge in [0.2, 0.25) is 5.91 Å². The number of phenolic OH excluding ortho intramolecular Hbond substituents is 1. The van der Waals surface area contributed by atoms with Gasteiger partial charge in [0.15, 0.2) is 0 Å². The number of carboxylic acid groups (broad SMARTS) is 1. The third-order valence-electron chi connectivity index (χ3n) is 2.85. The molecule has 1 atom stereocenters. The average molecular weight is 277 g/mol. The Hall–Kier alpha value is -2.30. The van der Waals surface area contributed by atoms with Crippen molar-refractivity contribution < 1.29 is 19.8 Å². The Morgan fingerprint density at radius 3 is 2.40 bits per heavy atom. The summed E-state index contributed by atoms with van der Waals surface area (Å²) in [5, 5.41) is 20.8. The molecule has 20 heavy (non-hydrogen) atoms. The zero-order chi connectivity index (χ0) is 15.1. The monoisotopic (exact) mass is 277 g/mol. The molecule has 0 aliphatic rings. The first kappa shape index (κ1) is 15.8. The maximum atomic E-state index is 11.8. The van der Waals surface area contributed by atoms with Crippen LogP contribution in [0, 0.1) is 0 Å².